The summed E-state index contributed by atoms with van der Waals surface area (Å²) >= 11 is 3.58. The van der Waals surface area contributed by atoms with Gasteiger partial charge in [-0.25, -0.2) is 14.5 Å². The second-order valence-electron chi connectivity index (χ2n) is 6.32. The van der Waals surface area contributed by atoms with Gasteiger partial charge in [-0.2, -0.15) is 0 Å². The molecule has 0 amide bonds. The minimum atomic E-state index is 0.0326. The molecule has 2 aromatic carbocycles. The molecule has 4 aromatic rings. The zero-order valence-corrected chi connectivity index (χ0v) is 16.3. The number of aromatic nitrogens is 3. The van der Waals surface area contributed by atoms with E-state index in [1.807, 2.05) is 36.5 Å². The summed E-state index contributed by atoms with van der Waals surface area (Å²) in [6.45, 7) is 0. The van der Waals surface area contributed by atoms with Crippen LogP contribution in [-0.2, 0) is 0 Å². The number of methoxy groups -OCH3 is 1. The van der Waals surface area contributed by atoms with Crippen LogP contribution >= 0.6 is 15.9 Å². The van der Waals surface area contributed by atoms with Crippen LogP contribution in [0.3, 0.4) is 0 Å². The first-order valence-electron chi connectivity index (χ1n) is 8.47. The summed E-state index contributed by atoms with van der Waals surface area (Å²) in [5, 5.41) is 14.6. The van der Waals surface area contributed by atoms with Crippen molar-refractivity contribution in [2.24, 2.45) is 4.99 Å². The predicted octanol–water partition coefficient (Wildman–Crippen LogP) is 3.94. The van der Waals surface area contributed by atoms with Gasteiger partial charge in [0.1, 0.15) is 11.2 Å². The van der Waals surface area contributed by atoms with Crippen LogP contribution in [0.15, 0.2) is 58.1 Å². The van der Waals surface area contributed by atoms with Crippen LogP contribution in [0.2, 0.25) is 0 Å². The molecule has 0 aliphatic carbocycles. The van der Waals surface area contributed by atoms with Crippen molar-refractivity contribution in [3.63, 3.8) is 0 Å². The van der Waals surface area contributed by atoms with E-state index in [1.165, 1.54) is 7.11 Å². The first-order valence-corrected chi connectivity index (χ1v) is 9.26. The summed E-state index contributed by atoms with van der Waals surface area (Å²) in [6.07, 6.45) is 1.83. The molecule has 0 radical (unpaired) electrons. The Labute approximate surface area is 168 Å². The number of ether oxygens (including phenoxy) is 1. The van der Waals surface area contributed by atoms with Crippen molar-refractivity contribution < 1.29 is 9.84 Å². The first kappa shape index (κ1) is 16.8. The molecule has 1 aliphatic rings. The molecule has 5 rings (SSSR count). The average molecular weight is 436 g/mol. The number of phenolic OH excluding ortho intramolecular Hbond substituents is 1. The smallest absolute Gasteiger partial charge is 0.238 e. The number of aromatic hydroxyl groups is 1. The van der Waals surface area contributed by atoms with E-state index in [0.29, 0.717) is 11.5 Å². The largest absolute Gasteiger partial charge is 0.504 e. The second kappa shape index (κ2) is 6.07. The Kier molecular flexibility index (Phi) is 3.63. The van der Waals surface area contributed by atoms with Crippen molar-refractivity contribution in [1.29, 1.82) is 0 Å². The number of fused-ring (bicyclic) bond motifs is 2. The van der Waals surface area contributed by atoms with Gasteiger partial charge in [-0.3, -0.25) is 0 Å². The summed E-state index contributed by atoms with van der Waals surface area (Å²) in [7, 11) is 1.51. The number of anilines is 1. The molecular formula is C20H14BrN5O2. The molecule has 0 atom stereocenters. The number of benzene rings is 2. The van der Waals surface area contributed by atoms with Gasteiger partial charge in [0.25, 0.3) is 0 Å². The maximum atomic E-state index is 10.3. The Morgan fingerprint density at radius 1 is 1.11 bits per heavy atom. The summed E-state index contributed by atoms with van der Waals surface area (Å²) in [5.41, 5.74) is 11.3. The van der Waals surface area contributed by atoms with Gasteiger partial charge in [-0.15, -0.1) is 5.10 Å². The number of nitrogens with two attached hydrogens (primary N) is 1. The zero-order chi connectivity index (χ0) is 19.4. The zero-order valence-electron chi connectivity index (χ0n) is 14.7. The van der Waals surface area contributed by atoms with E-state index in [2.05, 4.69) is 26.0 Å². The van der Waals surface area contributed by atoms with E-state index in [4.69, 9.17) is 15.5 Å². The standard InChI is InChI=1S/C20H14BrN5O2/c1-28-16-9-13(21)12(8-15(16)27)17-11-6-7-26-19(11)18(24-20(22)25-26)10-4-2-3-5-14(10)23-17/h2-9,27H,1H3,(H2,22,25). The van der Waals surface area contributed by atoms with Gasteiger partial charge < -0.3 is 15.6 Å². The molecule has 2 aromatic heterocycles. The highest BCUT2D eigenvalue weighted by atomic mass is 79.9. The molecule has 28 heavy (non-hydrogen) atoms. The Bertz CT molecular complexity index is 1300. The number of halogens is 1. The number of hydrogen-bond acceptors (Lipinski definition) is 6. The number of nitrogens with zero attached hydrogens (tertiary/aromatic N) is 4. The third kappa shape index (κ3) is 2.38. The van der Waals surface area contributed by atoms with Crippen LogP contribution in [0.5, 0.6) is 11.5 Å². The lowest BCUT2D eigenvalue weighted by molar-refractivity contribution is 0.373. The summed E-state index contributed by atoms with van der Waals surface area (Å²) in [5.74, 6) is 0.597. The minimum Gasteiger partial charge on any atom is -0.504 e. The molecule has 0 saturated carbocycles. The monoisotopic (exact) mass is 435 g/mol. The fraction of sp³-hybridized carbons (Fsp3) is 0.0500. The van der Waals surface area contributed by atoms with Crippen molar-refractivity contribution in [1.82, 2.24) is 14.6 Å². The SMILES string of the molecule is COc1cc(Br)c(C2=Nc3ccccc3-c3nc(N)nn4ccc2c34)cc1O. The lowest BCUT2D eigenvalue weighted by atomic mass is 10.0. The van der Waals surface area contributed by atoms with Gasteiger partial charge in [0.2, 0.25) is 5.95 Å². The Morgan fingerprint density at radius 2 is 1.93 bits per heavy atom. The van der Waals surface area contributed by atoms with Gasteiger partial charge in [0.05, 0.1) is 18.5 Å². The Morgan fingerprint density at radius 3 is 2.75 bits per heavy atom. The van der Waals surface area contributed by atoms with E-state index < -0.39 is 0 Å². The molecule has 0 bridgehead atoms. The normalized spacial score (nSPS) is 12.4. The summed E-state index contributed by atoms with van der Waals surface area (Å²) in [6, 6.07) is 13.0. The summed E-state index contributed by atoms with van der Waals surface area (Å²) in [4.78, 5) is 9.41. The molecule has 3 heterocycles. The minimum absolute atomic E-state index is 0.0326. The fourth-order valence-electron chi connectivity index (χ4n) is 3.47. The molecule has 8 heteroatoms. The summed E-state index contributed by atoms with van der Waals surface area (Å²) < 4.78 is 7.66. The number of para-hydroxylation sites is 1. The number of phenols is 1. The number of aliphatic imine (C=N–C) groups is 1. The molecular weight excluding hydrogens is 422 g/mol. The van der Waals surface area contributed by atoms with Crippen molar-refractivity contribution in [2.45, 2.75) is 0 Å². The highest BCUT2D eigenvalue weighted by Crippen LogP contribution is 2.40. The van der Waals surface area contributed by atoms with Gasteiger partial charge in [-0.05, 0) is 40.2 Å². The van der Waals surface area contributed by atoms with Crippen molar-refractivity contribution in [3.8, 4) is 22.8 Å². The molecule has 7 nitrogen and oxygen atoms in total. The molecule has 138 valence electrons. The maximum absolute atomic E-state index is 10.3. The molecule has 0 spiro atoms. The van der Waals surface area contributed by atoms with Crippen molar-refractivity contribution >= 4 is 38.8 Å². The van der Waals surface area contributed by atoms with E-state index in [0.717, 1.165) is 38.1 Å². The fourth-order valence-corrected chi connectivity index (χ4v) is 3.98. The Hall–Kier alpha value is -3.39. The van der Waals surface area contributed by atoms with Gasteiger partial charge >= 0.3 is 0 Å². The predicted molar refractivity (Wildman–Crippen MR) is 110 cm³/mol. The number of nitrogen functional groups attached to an aromatic ring is 1. The highest BCUT2D eigenvalue weighted by Gasteiger charge is 2.25. The van der Waals surface area contributed by atoms with E-state index >= 15 is 0 Å². The molecule has 0 unspecified atom stereocenters. The lowest BCUT2D eigenvalue weighted by Gasteiger charge is -2.11. The average Bonchev–Trinajstić information content (AvgIpc) is 3.04. The van der Waals surface area contributed by atoms with Crippen LogP contribution in [0, 0.1) is 0 Å². The molecule has 0 fully saturated rings. The van der Waals surface area contributed by atoms with Crippen LogP contribution in [0.1, 0.15) is 11.1 Å². The lowest BCUT2D eigenvalue weighted by Crippen LogP contribution is -2.06. The van der Waals surface area contributed by atoms with Crippen molar-refractivity contribution in [2.75, 3.05) is 12.8 Å². The van der Waals surface area contributed by atoms with E-state index in [1.54, 1.807) is 16.6 Å². The first-order chi connectivity index (χ1) is 13.6. The van der Waals surface area contributed by atoms with Crippen LogP contribution < -0.4 is 10.5 Å². The van der Waals surface area contributed by atoms with Gasteiger partial charge in [0, 0.05) is 27.4 Å². The van der Waals surface area contributed by atoms with Crippen LogP contribution in [0.4, 0.5) is 11.6 Å². The molecule has 0 saturated heterocycles. The van der Waals surface area contributed by atoms with Crippen molar-refractivity contribution in [3.05, 3.63) is 64.3 Å². The maximum Gasteiger partial charge on any atom is 0.238 e. The van der Waals surface area contributed by atoms with Crippen LogP contribution in [0.25, 0.3) is 16.8 Å². The highest BCUT2D eigenvalue weighted by molar-refractivity contribution is 9.10. The third-order valence-electron chi connectivity index (χ3n) is 4.70. The third-order valence-corrected chi connectivity index (χ3v) is 5.35. The Balaban J connectivity index is 1.89. The van der Waals surface area contributed by atoms with Crippen LogP contribution in [-0.4, -0.2) is 32.5 Å². The molecule has 1 aliphatic heterocycles. The quantitative estimate of drug-likeness (QED) is 0.437. The second-order valence-corrected chi connectivity index (χ2v) is 7.18. The number of rotatable bonds is 2. The number of hydrogen-bond donors (Lipinski definition) is 2. The topological polar surface area (TPSA) is 98.0 Å². The van der Waals surface area contributed by atoms with E-state index in [9.17, 15) is 5.11 Å². The van der Waals surface area contributed by atoms with Gasteiger partial charge in [0.15, 0.2) is 11.5 Å². The molecule has 3 N–H and O–H groups in total. The van der Waals surface area contributed by atoms with E-state index in [-0.39, 0.29) is 11.7 Å². The van der Waals surface area contributed by atoms with Gasteiger partial charge in [-0.1, -0.05) is 18.2 Å².